The van der Waals surface area contributed by atoms with Gasteiger partial charge in [-0.05, 0) is 41.9 Å². The summed E-state index contributed by atoms with van der Waals surface area (Å²) in [4.78, 5) is 0. The van der Waals surface area contributed by atoms with Crippen LogP contribution in [0.1, 0.15) is 29.0 Å². The monoisotopic (exact) mass is 155 g/mol. The van der Waals surface area contributed by atoms with Crippen LogP contribution in [0.15, 0.2) is 24.3 Å². The Morgan fingerprint density at radius 3 is 3.25 bits per heavy atom. The highest BCUT2D eigenvalue weighted by atomic mass is 14.3. The zero-order valence-corrected chi connectivity index (χ0v) is 6.96. The third kappa shape index (κ3) is 0.726. The summed E-state index contributed by atoms with van der Waals surface area (Å²) < 4.78 is 0. The second-order valence-electron chi connectivity index (χ2n) is 3.60. The lowest BCUT2D eigenvalue weighted by Crippen LogP contribution is -1.98. The van der Waals surface area contributed by atoms with Crippen molar-refractivity contribution < 1.29 is 0 Å². The van der Waals surface area contributed by atoms with Crippen molar-refractivity contribution in [2.45, 2.75) is 18.8 Å². The lowest BCUT2D eigenvalue weighted by molar-refractivity contribution is 0.818. The van der Waals surface area contributed by atoms with Gasteiger partial charge in [0.1, 0.15) is 0 Å². The Labute approximate surface area is 72.9 Å². The summed E-state index contributed by atoms with van der Waals surface area (Å²) in [6, 6.07) is 6.65. The molecule has 2 aliphatic carbocycles. The van der Waals surface area contributed by atoms with Crippen molar-refractivity contribution in [2.75, 3.05) is 0 Å². The number of rotatable bonds is 0. The van der Waals surface area contributed by atoms with E-state index in [1.807, 2.05) is 0 Å². The number of hydrogen-bond acceptors (Lipinski definition) is 0. The fourth-order valence-corrected chi connectivity index (χ4v) is 2.35. The molecular weight excluding hydrogens is 144 g/mol. The number of benzene rings is 1. The maximum Gasteiger partial charge on any atom is -0.00841 e. The van der Waals surface area contributed by atoms with E-state index in [0.29, 0.717) is 0 Å². The highest BCUT2D eigenvalue weighted by Crippen LogP contribution is 2.40. The molecule has 12 heavy (non-hydrogen) atoms. The zero-order valence-electron chi connectivity index (χ0n) is 6.96. The van der Waals surface area contributed by atoms with Gasteiger partial charge in [-0.2, -0.15) is 0 Å². The van der Waals surface area contributed by atoms with Crippen LogP contribution < -0.4 is 0 Å². The van der Waals surface area contributed by atoms with Crippen molar-refractivity contribution >= 4 is 6.08 Å². The topological polar surface area (TPSA) is 0 Å². The number of hydrogen-bond donors (Lipinski definition) is 0. The molecule has 0 heteroatoms. The Balaban J connectivity index is 2.30. The van der Waals surface area contributed by atoms with Crippen LogP contribution in [0.2, 0.25) is 0 Å². The van der Waals surface area contributed by atoms with E-state index < -0.39 is 0 Å². The summed E-state index contributed by atoms with van der Waals surface area (Å²) in [6.07, 6.45) is 9.38. The van der Waals surface area contributed by atoms with E-state index in [-0.39, 0.29) is 0 Å². The van der Waals surface area contributed by atoms with Gasteiger partial charge in [0.15, 0.2) is 0 Å². The Kier molecular flexibility index (Phi) is 1.20. The Morgan fingerprint density at radius 2 is 2.25 bits per heavy atom. The Morgan fingerprint density at radius 1 is 1.25 bits per heavy atom. The second kappa shape index (κ2) is 2.22. The fourth-order valence-electron chi connectivity index (χ4n) is 2.35. The van der Waals surface area contributed by atoms with Gasteiger partial charge in [-0.25, -0.2) is 0 Å². The minimum absolute atomic E-state index is 0.723. The zero-order chi connectivity index (χ0) is 7.97. The van der Waals surface area contributed by atoms with Crippen LogP contribution >= 0.6 is 0 Å². The van der Waals surface area contributed by atoms with Crippen molar-refractivity contribution in [1.29, 1.82) is 0 Å². The maximum atomic E-state index is 2.44. The molecule has 1 atom stereocenters. The van der Waals surface area contributed by atoms with E-state index in [4.69, 9.17) is 0 Å². The average molecular weight is 155 g/mol. The Hall–Kier alpha value is -1.04. The molecular formula is C12H11. The quantitative estimate of drug-likeness (QED) is 0.540. The van der Waals surface area contributed by atoms with Gasteiger partial charge >= 0.3 is 0 Å². The van der Waals surface area contributed by atoms with Gasteiger partial charge < -0.3 is 0 Å². The summed E-state index contributed by atoms with van der Waals surface area (Å²) in [6.45, 7) is 0. The van der Waals surface area contributed by atoms with Crippen LogP contribution in [-0.2, 0) is 6.42 Å². The van der Waals surface area contributed by atoms with Crippen molar-refractivity contribution in [3.8, 4) is 0 Å². The first-order valence-corrected chi connectivity index (χ1v) is 4.57. The predicted molar refractivity (Wildman–Crippen MR) is 50.8 cm³/mol. The average Bonchev–Trinajstić information content (AvgIpc) is 2.52. The molecule has 1 radical (unpaired) electrons. The van der Waals surface area contributed by atoms with E-state index in [1.165, 1.54) is 18.4 Å². The third-order valence-corrected chi connectivity index (χ3v) is 2.91. The van der Waals surface area contributed by atoms with Crippen LogP contribution in [0.3, 0.4) is 0 Å². The van der Waals surface area contributed by atoms with Gasteiger partial charge in [0.05, 0.1) is 0 Å². The van der Waals surface area contributed by atoms with Crippen molar-refractivity contribution in [1.82, 2.24) is 0 Å². The lowest BCUT2D eigenvalue weighted by atomic mass is 9.89. The predicted octanol–water partition coefficient (Wildman–Crippen LogP) is 2.95. The molecule has 0 spiro atoms. The van der Waals surface area contributed by atoms with E-state index in [0.717, 1.165) is 5.92 Å². The molecule has 0 heterocycles. The molecule has 0 aliphatic heterocycles. The van der Waals surface area contributed by atoms with E-state index in [9.17, 15) is 0 Å². The van der Waals surface area contributed by atoms with Crippen molar-refractivity contribution in [2.24, 2.45) is 0 Å². The maximum absolute atomic E-state index is 2.44. The first kappa shape index (κ1) is 6.47. The molecule has 1 aromatic carbocycles. The highest BCUT2D eigenvalue weighted by molar-refractivity contribution is 5.62. The van der Waals surface area contributed by atoms with Crippen molar-refractivity contribution in [3.05, 3.63) is 47.4 Å². The molecule has 2 aliphatic rings. The SMILES string of the molecule is [CH]1Cc2cccc3c2C1CC=C3. The normalized spacial score (nSPS) is 24.2. The van der Waals surface area contributed by atoms with Crippen LogP contribution in [0, 0.1) is 6.42 Å². The van der Waals surface area contributed by atoms with E-state index in [1.54, 1.807) is 11.1 Å². The first-order valence-electron chi connectivity index (χ1n) is 4.57. The standard InChI is InChI=1S/C12H11/c1-3-9-4-2-6-11-8-7-10(5-1)12(9)11/h1-5,8,11H,6-7H2. The molecule has 0 saturated carbocycles. The smallest absolute Gasteiger partial charge is 0.00841 e. The van der Waals surface area contributed by atoms with Gasteiger partial charge in [0.2, 0.25) is 0 Å². The van der Waals surface area contributed by atoms with E-state index in [2.05, 4.69) is 36.8 Å². The van der Waals surface area contributed by atoms with Crippen LogP contribution in [-0.4, -0.2) is 0 Å². The third-order valence-electron chi connectivity index (χ3n) is 2.91. The number of allylic oxidation sites excluding steroid dienone is 1. The van der Waals surface area contributed by atoms with Gasteiger partial charge in [0, 0.05) is 0 Å². The van der Waals surface area contributed by atoms with Crippen LogP contribution in [0.25, 0.3) is 6.08 Å². The van der Waals surface area contributed by atoms with Gasteiger partial charge in [-0.1, -0.05) is 30.4 Å². The minimum Gasteiger partial charge on any atom is -0.0833 e. The summed E-state index contributed by atoms with van der Waals surface area (Å²) in [5.74, 6) is 0.723. The van der Waals surface area contributed by atoms with Crippen LogP contribution in [0.5, 0.6) is 0 Å². The van der Waals surface area contributed by atoms with Gasteiger partial charge in [0.25, 0.3) is 0 Å². The molecule has 0 aromatic heterocycles. The molecule has 0 N–H and O–H groups in total. The summed E-state index contributed by atoms with van der Waals surface area (Å²) in [5, 5.41) is 0. The lowest BCUT2D eigenvalue weighted by Gasteiger charge is -2.16. The molecule has 0 saturated heterocycles. The van der Waals surface area contributed by atoms with E-state index >= 15 is 0 Å². The molecule has 0 bridgehead atoms. The Bertz CT molecular complexity index is 347. The molecule has 0 amide bonds. The summed E-state index contributed by atoms with van der Waals surface area (Å²) in [5.41, 5.74) is 4.58. The highest BCUT2D eigenvalue weighted by Gasteiger charge is 2.25. The molecule has 1 unspecified atom stereocenters. The fraction of sp³-hybridized carbons (Fsp3) is 0.250. The molecule has 1 aromatic rings. The first-order chi connectivity index (χ1) is 5.95. The molecule has 3 rings (SSSR count). The van der Waals surface area contributed by atoms with Crippen LogP contribution in [0.4, 0.5) is 0 Å². The molecule has 0 fully saturated rings. The largest absolute Gasteiger partial charge is 0.0833 e. The molecule has 0 nitrogen and oxygen atoms in total. The van der Waals surface area contributed by atoms with Gasteiger partial charge in [-0.3, -0.25) is 0 Å². The minimum atomic E-state index is 0.723. The summed E-state index contributed by atoms with van der Waals surface area (Å²) >= 11 is 0. The second-order valence-corrected chi connectivity index (χ2v) is 3.60. The summed E-state index contributed by atoms with van der Waals surface area (Å²) in [7, 11) is 0. The van der Waals surface area contributed by atoms with Crippen molar-refractivity contribution in [3.63, 3.8) is 0 Å². The molecule has 59 valence electrons. The van der Waals surface area contributed by atoms with Gasteiger partial charge in [-0.15, -0.1) is 0 Å².